The highest BCUT2D eigenvalue weighted by atomic mass is 15.2. The van der Waals surface area contributed by atoms with Crippen LogP contribution in [0.3, 0.4) is 0 Å². The van der Waals surface area contributed by atoms with E-state index in [1.165, 1.54) is 89.3 Å². The highest BCUT2D eigenvalue weighted by molar-refractivity contribution is 5.42. The van der Waals surface area contributed by atoms with Crippen molar-refractivity contribution in [2.45, 2.75) is 118 Å². The zero-order valence-electron chi connectivity index (χ0n) is 20.5. The Morgan fingerprint density at radius 1 is 1.03 bits per heavy atom. The highest BCUT2D eigenvalue weighted by Gasteiger charge is 2.31. The van der Waals surface area contributed by atoms with Crippen molar-refractivity contribution in [2.24, 2.45) is 11.8 Å². The number of likely N-dealkylation sites (tertiary alicyclic amines) is 1. The summed E-state index contributed by atoms with van der Waals surface area (Å²) in [5, 5.41) is 0. The summed E-state index contributed by atoms with van der Waals surface area (Å²) in [6, 6.07) is 0.709. The van der Waals surface area contributed by atoms with Crippen molar-refractivity contribution < 1.29 is 0 Å². The molecule has 0 aromatic rings. The van der Waals surface area contributed by atoms with Gasteiger partial charge in [-0.15, -0.1) is 0 Å². The van der Waals surface area contributed by atoms with Crippen LogP contribution in [0.15, 0.2) is 34.4 Å². The van der Waals surface area contributed by atoms with Gasteiger partial charge in [-0.05, 0) is 89.8 Å². The second-order valence-corrected chi connectivity index (χ2v) is 9.81. The molecule has 0 spiro atoms. The van der Waals surface area contributed by atoms with Crippen LogP contribution >= 0.6 is 0 Å². The minimum atomic E-state index is 0.709. The fraction of sp³-hybridized carbons (Fsp3) is 0.786. The van der Waals surface area contributed by atoms with E-state index in [1.807, 2.05) is 0 Å². The predicted molar refractivity (Wildman–Crippen MR) is 130 cm³/mol. The van der Waals surface area contributed by atoms with Gasteiger partial charge >= 0.3 is 0 Å². The third-order valence-corrected chi connectivity index (χ3v) is 7.71. The molecule has 1 heteroatoms. The molecule has 0 aromatic heterocycles. The van der Waals surface area contributed by atoms with Crippen LogP contribution in [0.4, 0.5) is 0 Å². The van der Waals surface area contributed by atoms with Crippen LogP contribution in [0, 0.1) is 11.8 Å². The quantitative estimate of drug-likeness (QED) is 0.315. The predicted octanol–water partition coefficient (Wildman–Crippen LogP) is 8.48. The first kappa shape index (κ1) is 24.4. The van der Waals surface area contributed by atoms with E-state index in [0.717, 1.165) is 11.8 Å². The van der Waals surface area contributed by atoms with Gasteiger partial charge in [0.05, 0.1) is 0 Å². The average molecular weight is 400 g/mol. The molecule has 1 nitrogen and oxygen atoms in total. The number of piperidine rings is 1. The van der Waals surface area contributed by atoms with Crippen molar-refractivity contribution in [3.05, 3.63) is 34.4 Å². The lowest BCUT2D eigenvalue weighted by molar-refractivity contribution is 0.100. The maximum absolute atomic E-state index is 2.81. The van der Waals surface area contributed by atoms with Crippen molar-refractivity contribution in [3.63, 3.8) is 0 Å². The van der Waals surface area contributed by atoms with Crippen molar-refractivity contribution >= 4 is 0 Å². The third kappa shape index (κ3) is 7.12. The molecular weight excluding hydrogens is 350 g/mol. The van der Waals surface area contributed by atoms with Gasteiger partial charge in [0.25, 0.3) is 0 Å². The van der Waals surface area contributed by atoms with Crippen molar-refractivity contribution in [3.8, 4) is 0 Å². The third-order valence-electron chi connectivity index (χ3n) is 7.71. The van der Waals surface area contributed by atoms with Crippen molar-refractivity contribution in [2.75, 3.05) is 13.1 Å². The van der Waals surface area contributed by atoms with E-state index in [2.05, 4.69) is 58.6 Å². The maximum Gasteiger partial charge on any atom is 0.0101 e. The molecule has 1 saturated heterocycles. The topological polar surface area (TPSA) is 3.24 Å². The largest absolute Gasteiger partial charge is 0.300 e. The van der Waals surface area contributed by atoms with Gasteiger partial charge < -0.3 is 4.90 Å². The normalized spacial score (nSPS) is 22.4. The number of hydrogen-bond acceptors (Lipinski definition) is 1. The standard InChI is InChI=1S/C28H49N/c1-7-10-12-15-28(27(9-3)24(6)29-18-13-11-14-19-29)25(8-2)21-26-20-22(4)16-17-23(26)5/h20-21,24,27-28H,7-19H2,1-6H3/b25-21+. The minimum absolute atomic E-state index is 0.709. The highest BCUT2D eigenvalue weighted by Crippen LogP contribution is 2.37. The minimum Gasteiger partial charge on any atom is -0.300 e. The first-order valence-electron chi connectivity index (χ1n) is 12.8. The molecule has 0 saturated carbocycles. The molecular formula is C28H49N. The molecule has 0 radical (unpaired) electrons. The van der Waals surface area contributed by atoms with Crippen LogP contribution < -0.4 is 0 Å². The Balaban J connectivity index is 2.30. The lowest BCUT2D eigenvalue weighted by Gasteiger charge is -2.41. The SMILES string of the molecule is CCCCCC(/C(=C/C1=C(C)CCC(C)=C1)CC)C(CC)C(C)N1CCCCC1. The van der Waals surface area contributed by atoms with E-state index in [4.69, 9.17) is 0 Å². The number of nitrogens with zero attached hydrogens (tertiary/aromatic N) is 1. The van der Waals surface area contributed by atoms with E-state index in [0.29, 0.717) is 6.04 Å². The van der Waals surface area contributed by atoms with Gasteiger partial charge in [0, 0.05) is 6.04 Å². The Labute approximate surface area is 182 Å². The van der Waals surface area contributed by atoms with Gasteiger partial charge in [-0.1, -0.05) is 81.7 Å². The lowest BCUT2D eigenvalue weighted by atomic mass is 9.74. The summed E-state index contributed by atoms with van der Waals surface area (Å²) in [6.45, 7) is 17.0. The summed E-state index contributed by atoms with van der Waals surface area (Å²) < 4.78 is 0. The fourth-order valence-electron chi connectivity index (χ4n) is 5.67. The molecule has 1 aliphatic heterocycles. The van der Waals surface area contributed by atoms with Crippen LogP contribution in [-0.4, -0.2) is 24.0 Å². The van der Waals surface area contributed by atoms with Crippen molar-refractivity contribution in [1.82, 2.24) is 4.90 Å². The molecule has 1 fully saturated rings. The summed E-state index contributed by atoms with van der Waals surface area (Å²) >= 11 is 0. The van der Waals surface area contributed by atoms with Gasteiger partial charge in [-0.25, -0.2) is 0 Å². The molecule has 1 heterocycles. The van der Waals surface area contributed by atoms with E-state index in [1.54, 1.807) is 16.7 Å². The first-order valence-corrected chi connectivity index (χ1v) is 12.8. The van der Waals surface area contributed by atoms with Gasteiger partial charge in [-0.2, -0.15) is 0 Å². The van der Waals surface area contributed by atoms with Crippen LogP contribution in [-0.2, 0) is 0 Å². The summed E-state index contributed by atoms with van der Waals surface area (Å²) in [4.78, 5) is 2.81. The van der Waals surface area contributed by atoms with Gasteiger partial charge in [0.15, 0.2) is 0 Å². The molecule has 0 N–H and O–H groups in total. The van der Waals surface area contributed by atoms with Gasteiger partial charge in [0.1, 0.15) is 0 Å². The average Bonchev–Trinajstić information content (AvgIpc) is 2.74. The number of hydrogen-bond donors (Lipinski definition) is 0. The molecule has 3 atom stereocenters. The molecule has 166 valence electrons. The van der Waals surface area contributed by atoms with Crippen LogP contribution in [0.5, 0.6) is 0 Å². The number of unbranched alkanes of at least 4 members (excludes halogenated alkanes) is 2. The zero-order valence-corrected chi connectivity index (χ0v) is 20.5. The first-order chi connectivity index (χ1) is 14.0. The Hall–Kier alpha value is -0.820. The zero-order chi connectivity index (χ0) is 21.2. The molecule has 3 unspecified atom stereocenters. The Morgan fingerprint density at radius 2 is 1.76 bits per heavy atom. The molecule has 2 aliphatic rings. The Kier molecular flexibility index (Phi) is 10.8. The van der Waals surface area contributed by atoms with Gasteiger partial charge in [0.2, 0.25) is 0 Å². The Bertz CT molecular complexity index is 573. The monoisotopic (exact) mass is 399 g/mol. The molecule has 0 bridgehead atoms. The van der Waals surface area contributed by atoms with Gasteiger partial charge in [-0.3, -0.25) is 0 Å². The second kappa shape index (κ2) is 12.8. The van der Waals surface area contributed by atoms with Crippen LogP contribution in [0.25, 0.3) is 0 Å². The van der Waals surface area contributed by atoms with E-state index >= 15 is 0 Å². The maximum atomic E-state index is 2.81. The lowest BCUT2D eigenvalue weighted by Crippen LogP contribution is -2.44. The molecule has 29 heavy (non-hydrogen) atoms. The molecule has 0 aromatic carbocycles. The summed E-state index contributed by atoms with van der Waals surface area (Å²) in [5.74, 6) is 1.52. The molecule has 2 rings (SSSR count). The fourth-order valence-corrected chi connectivity index (χ4v) is 5.67. The number of allylic oxidation sites excluding steroid dienone is 6. The summed E-state index contributed by atoms with van der Waals surface area (Å²) in [6.07, 6.45) is 19.7. The van der Waals surface area contributed by atoms with E-state index in [9.17, 15) is 0 Å². The van der Waals surface area contributed by atoms with Crippen LogP contribution in [0.1, 0.15) is 112 Å². The number of rotatable bonds is 11. The second-order valence-electron chi connectivity index (χ2n) is 9.81. The van der Waals surface area contributed by atoms with E-state index < -0.39 is 0 Å². The smallest absolute Gasteiger partial charge is 0.0101 e. The van der Waals surface area contributed by atoms with Crippen LogP contribution in [0.2, 0.25) is 0 Å². The van der Waals surface area contributed by atoms with E-state index in [-0.39, 0.29) is 0 Å². The summed E-state index contributed by atoms with van der Waals surface area (Å²) in [5.41, 5.74) is 6.38. The summed E-state index contributed by atoms with van der Waals surface area (Å²) in [7, 11) is 0. The molecule has 1 aliphatic carbocycles. The molecule has 0 amide bonds. The Morgan fingerprint density at radius 3 is 2.38 bits per heavy atom. The van der Waals surface area contributed by atoms with Crippen molar-refractivity contribution in [1.29, 1.82) is 0 Å².